The molecule has 4 rings (SSSR count). The summed E-state index contributed by atoms with van der Waals surface area (Å²) in [4.78, 5) is 20.2. The number of carbonyl (C=O) groups excluding carboxylic acids is 1. The van der Waals surface area contributed by atoms with Crippen LogP contribution in [0.1, 0.15) is 51.9 Å². The lowest BCUT2D eigenvalue weighted by Gasteiger charge is -2.35. The van der Waals surface area contributed by atoms with Crippen molar-refractivity contribution in [3.8, 4) is 0 Å². The summed E-state index contributed by atoms with van der Waals surface area (Å²) in [5.74, 6) is 1.48. The lowest BCUT2D eigenvalue weighted by molar-refractivity contribution is -0.133. The minimum absolute atomic E-state index is 0.322. The normalized spacial score (nSPS) is 31.4. The van der Waals surface area contributed by atoms with Crippen LogP contribution in [0, 0.1) is 17.3 Å². The number of hydrogen-bond acceptors (Lipinski definition) is 3. The van der Waals surface area contributed by atoms with Crippen molar-refractivity contribution in [2.45, 2.75) is 51.9 Å². The quantitative estimate of drug-likeness (QED) is 0.693. The van der Waals surface area contributed by atoms with Crippen molar-refractivity contribution in [1.29, 1.82) is 0 Å². The summed E-state index contributed by atoms with van der Waals surface area (Å²) in [5.41, 5.74) is 3.32. The van der Waals surface area contributed by atoms with Crippen LogP contribution in [0.25, 0.3) is 0 Å². The van der Waals surface area contributed by atoms with Gasteiger partial charge in [-0.05, 0) is 89.9 Å². The molecule has 2 aliphatic heterocycles. The Bertz CT molecular complexity index is 632. The first kappa shape index (κ1) is 20.2. The molecule has 0 radical (unpaired) electrons. The van der Waals surface area contributed by atoms with Gasteiger partial charge in [0.2, 0.25) is 5.91 Å². The average molecular weight is 386 g/mol. The molecule has 0 bridgehead atoms. The van der Waals surface area contributed by atoms with E-state index in [9.17, 15) is 4.79 Å². The molecule has 2 aliphatic carbocycles. The molecule has 0 aromatic heterocycles. The maximum absolute atomic E-state index is 13.1. The van der Waals surface area contributed by atoms with E-state index >= 15 is 0 Å². The van der Waals surface area contributed by atoms with Crippen LogP contribution in [0.5, 0.6) is 0 Å². The largest absolute Gasteiger partial charge is 0.341 e. The lowest BCUT2D eigenvalue weighted by atomic mass is 9.85. The molecule has 1 amide bonds. The molecule has 4 aliphatic rings. The molecular weight excluding hydrogens is 346 g/mol. The summed E-state index contributed by atoms with van der Waals surface area (Å²) in [5, 5.41) is 0. The number of likely N-dealkylation sites (tertiary alicyclic amines) is 1. The Morgan fingerprint density at radius 2 is 1.96 bits per heavy atom. The van der Waals surface area contributed by atoms with Crippen LogP contribution in [0.15, 0.2) is 23.8 Å². The van der Waals surface area contributed by atoms with E-state index in [0.717, 1.165) is 45.6 Å². The predicted octanol–water partition coefficient (Wildman–Crippen LogP) is 3.56. The van der Waals surface area contributed by atoms with Crippen molar-refractivity contribution in [2.24, 2.45) is 17.3 Å². The molecule has 2 heterocycles. The zero-order valence-corrected chi connectivity index (χ0v) is 18.1. The van der Waals surface area contributed by atoms with Crippen LogP contribution in [0.3, 0.4) is 0 Å². The Morgan fingerprint density at radius 1 is 1.18 bits per heavy atom. The Balaban J connectivity index is 1.24. The Morgan fingerprint density at radius 3 is 2.64 bits per heavy atom. The molecule has 0 aromatic rings. The molecule has 0 aromatic carbocycles. The third-order valence-corrected chi connectivity index (χ3v) is 8.00. The zero-order chi connectivity index (χ0) is 19.7. The van der Waals surface area contributed by atoms with Crippen LogP contribution in [0.4, 0.5) is 0 Å². The number of hydrogen-bond donors (Lipinski definition) is 0. The standard InChI is InChI=1S/C24H39N3O/c1-19(2)21-7-5-20(6-8-21)18-26-13-9-24(10-14-26)17-22(24)23(28)27-12-4-11-25(3)15-16-27/h5,21-22H,1,4,6-18H2,2-3H3/t21-,22?/m1/s1. The highest BCUT2D eigenvalue weighted by Crippen LogP contribution is 2.60. The second-order valence-electron chi connectivity index (χ2n) is 10.1. The zero-order valence-electron chi connectivity index (χ0n) is 18.1. The van der Waals surface area contributed by atoms with Gasteiger partial charge in [0, 0.05) is 32.1 Å². The van der Waals surface area contributed by atoms with Gasteiger partial charge in [-0.2, -0.15) is 0 Å². The molecule has 4 nitrogen and oxygen atoms in total. The van der Waals surface area contributed by atoms with Crippen molar-refractivity contribution in [2.75, 3.05) is 52.9 Å². The number of nitrogens with zero attached hydrogens (tertiary/aromatic N) is 3. The van der Waals surface area contributed by atoms with Gasteiger partial charge in [0.05, 0.1) is 0 Å². The molecule has 2 atom stereocenters. The van der Waals surface area contributed by atoms with E-state index in [1.165, 1.54) is 50.8 Å². The first-order valence-electron chi connectivity index (χ1n) is 11.5. The highest BCUT2D eigenvalue weighted by molar-refractivity contribution is 5.82. The van der Waals surface area contributed by atoms with E-state index in [0.29, 0.717) is 23.2 Å². The number of amides is 1. The van der Waals surface area contributed by atoms with Crippen LogP contribution < -0.4 is 0 Å². The Labute approximate surface area is 171 Å². The fourth-order valence-corrected chi connectivity index (χ4v) is 5.66. The molecule has 4 heteroatoms. The monoisotopic (exact) mass is 385 g/mol. The number of rotatable bonds is 4. The summed E-state index contributed by atoms with van der Waals surface area (Å²) < 4.78 is 0. The number of carbonyl (C=O) groups is 1. The van der Waals surface area contributed by atoms with Crippen molar-refractivity contribution < 1.29 is 4.79 Å². The van der Waals surface area contributed by atoms with Crippen molar-refractivity contribution >= 4 is 5.91 Å². The smallest absolute Gasteiger partial charge is 0.226 e. The molecule has 156 valence electrons. The van der Waals surface area contributed by atoms with Gasteiger partial charge in [0.25, 0.3) is 0 Å². The molecule has 1 spiro atoms. The van der Waals surface area contributed by atoms with E-state index in [1.54, 1.807) is 5.57 Å². The maximum atomic E-state index is 13.1. The maximum Gasteiger partial charge on any atom is 0.226 e. The first-order valence-corrected chi connectivity index (χ1v) is 11.5. The molecule has 1 unspecified atom stereocenters. The third-order valence-electron chi connectivity index (χ3n) is 8.00. The van der Waals surface area contributed by atoms with E-state index < -0.39 is 0 Å². The summed E-state index contributed by atoms with van der Waals surface area (Å²) >= 11 is 0. The molecule has 28 heavy (non-hydrogen) atoms. The average Bonchev–Trinajstić information content (AvgIpc) is 3.43. The number of piperidine rings is 1. The fraction of sp³-hybridized carbons (Fsp3) is 0.792. The summed E-state index contributed by atoms with van der Waals surface area (Å²) in [6, 6.07) is 0. The fourth-order valence-electron chi connectivity index (χ4n) is 5.66. The summed E-state index contributed by atoms with van der Waals surface area (Å²) in [7, 11) is 2.17. The van der Waals surface area contributed by atoms with E-state index in [2.05, 4.69) is 41.3 Å². The van der Waals surface area contributed by atoms with Crippen molar-refractivity contribution in [3.05, 3.63) is 23.8 Å². The highest BCUT2D eigenvalue weighted by Gasteiger charge is 2.59. The first-order chi connectivity index (χ1) is 13.5. The van der Waals surface area contributed by atoms with Gasteiger partial charge in [-0.1, -0.05) is 23.8 Å². The topological polar surface area (TPSA) is 26.8 Å². The van der Waals surface area contributed by atoms with Crippen molar-refractivity contribution in [3.63, 3.8) is 0 Å². The lowest BCUT2D eigenvalue weighted by Crippen LogP contribution is -2.40. The minimum Gasteiger partial charge on any atom is -0.341 e. The highest BCUT2D eigenvalue weighted by atomic mass is 16.2. The Kier molecular flexibility index (Phi) is 5.98. The molecule has 2 saturated heterocycles. The number of likely N-dealkylation sites (N-methyl/N-ethyl adjacent to an activating group) is 1. The van der Waals surface area contributed by atoms with Gasteiger partial charge in [-0.25, -0.2) is 0 Å². The van der Waals surface area contributed by atoms with Gasteiger partial charge in [-0.3, -0.25) is 9.69 Å². The molecular formula is C24H39N3O. The SMILES string of the molecule is C=C(C)[C@@H]1CC=C(CN2CCC3(CC2)CC3C(=O)N2CCCN(C)CC2)CC1. The van der Waals surface area contributed by atoms with E-state index in [1.807, 2.05) is 0 Å². The van der Waals surface area contributed by atoms with Crippen LogP contribution in [0.2, 0.25) is 0 Å². The minimum atomic E-state index is 0.322. The van der Waals surface area contributed by atoms with Crippen LogP contribution in [-0.2, 0) is 4.79 Å². The van der Waals surface area contributed by atoms with Crippen LogP contribution in [-0.4, -0.2) is 73.5 Å². The van der Waals surface area contributed by atoms with Gasteiger partial charge < -0.3 is 9.80 Å². The molecule has 1 saturated carbocycles. The van der Waals surface area contributed by atoms with E-state index in [4.69, 9.17) is 0 Å². The predicted molar refractivity (Wildman–Crippen MR) is 115 cm³/mol. The van der Waals surface area contributed by atoms with Crippen LogP contribution >= 0.6 is 0 Å². The Hall–Kier alpha value is -1.13. The molecule has 3 fully saturated rings. The third kappa shape index (κ3) is 4.38. The van der Waals surface area contributed by atoms with E-state index in [-0.39, 0.29) is 0 Å². The summed E-state index contributed by atoms with van der Waals surface area (Å²) in [6.45, 7) is 13.8. The second-order valence-corrected chi connectivity index (χ2v) is 10.1. The van der Waals surface area contributed by atoms with Gasteiger partial charge in [0.1, 0.15) is 0 Å². The summed E-state index contributed by atoms with van der Waals surface area (Å²) in [6.07, 6.45) is 10.9. The molecule has 0 N–H and O–H groups in total. The van der Waals surface area contributed by atoms with Gasteiger partial charge >= 0.3 is 0 Å². The van der Waals surface area contributed by atoms with Gasteiger partial charge in [0.15, 0.2) is 0 Å². The number of allylic oxidation sites excluding steroid dienone is 2. The second kappa shape index (κ2) is 8.31. The van der Waals surface area contributed by atoms with Crippen molar-refractivity contribution in [1.82, 2.24) is 14.7 Å². The van der Waals surface area contributed by atoms with Gasteiger partial charge in [-0.15, -0.1) is 0 Å².